The first-order valence-electron chi connectivity index (χ1n) is 5.69. The summed E-state index contributed by atoms with van der Waals surface area (Å²) in [6, 6.07) is 6.15. The van der Waals surface area contributed by atoms with Crippen LogP contribution in [-0.4, -0.2) is 24.7 Å². The molecule has 2 heterocycles. The molecule has 1 aromatic heterocycles. The van der Waals surface area contributed by atoms with E-state index in [1.54, 1.807) is 6.20 Å². The van der Waals surface area contributed by atoms with Gasteiger partial charge in [-0.3, -0.25) is 4.98 Å². The van der Waals surface area contributed by atoms with Crippen LogP contribution in [0.2, 0.25) is 5.02 Å². The molecule has 1 aliphatic heterocycles. The normalized spacial score (nSPS) is 20.6. The molecule has 3 nitrogen and oxygen atoms in total. The fraction of sp³-hybridized carbons (Fsp3) is 0.308. The van der Waals surface area contributed by atoms with Gasteiger partial charge in [0.25, 0.3) is 0 Å². The molecule has 3 rings (SSSR count). The van der Waals surface area contributed by atoms with Crippen LogP contribution < -0.4 is 5.32 Å². The van der Waals surface area contributed by atoms with Crippen molar-refractivity contribution in [3.63, 3.8) is 0 Å². The number of aromatic nitrogens is 1. The van der Waals surface area contributed by atoms with E-state index in [1.165, 1.54) is 5.56 Å². The van der Waals surface area contributed by atoms with Crippen LogP contribution in [0.3, 0.4) is 0 Å². The van der Waals surface area contributed by atoms with Gasteiger partial charge in [-0.15, -0.1) is 0 Å². The fourth-order valence-corrected chi connectivity index (χ4v) is 2.48. The van der Waals surface area contributed by atoms with E-state index in [9.17, 15) is 0 Å². The Bertz CT molecular complexity index is 538. The molecule has 0 aliphatic carbocycles. The second-order valence-electron chi connectivity index (χ2n) is 4.17. The van der Waals surface area contributed by atoms with Crippen LogP contribution in [0.5, 0.6) is 0 Å². The highest BCUT2D eigenvalue weighted by Crippen LogP contribution is 2.28. The molecule has 0 amide bonds. The summed E-state index contributed by atoms with van der Waals surface area (Å²) in [5, 5.41) is 6.46. The van der Waals surface area contributed by atoms with Gasteiger partial charge >= 0.3 is 0 Å². The first-order chi connectivity index (χ1) is 8.34. The van der Waals surface area contributed by atoms with E-state index in [0.29, 0.717) is 6.61 Å². The number of rotatable bonds is 1. The summed E-state index contributed by atoms with van der Waals surface area (Å²) < 4.78 is 5.50. The molecule has 1 atom stereocenters. The monoisotopic (exact) mass is 248 g/mol. The van der Waals surface area contributed by atoms with E-state index >= 15 is 0 Å². The zero-order valence-corrected chi connectivity index (χ0v) is 10.1. The van der Waals surface area contributed by atoms with E-state index in [-0.39, 0.29) is 6.04 Å². The van der Waals surface area contributed by atoms with Crippen LogP contribution in [0.4, 0.5) is 0 Å². The number of fused-ring (bicyclic) bond motifs is 1. The third-order valence-electron chi connectivity index (χ3n) is 3.05. The summed E-state index contributed by atoms with van der Waals surface area (Å²) in [5.41, 5.74) is 1.17. The summed E-state index contributed by atoms with van der Waals surface area (Å²) >= 11 is 6.15. The molecule has 0 radical (unpaired) electrons. The Kier molecular flexibility index (Phi) is 2.97. The lowest BCUT2D eigenvalue weighted by molar-refractivity contribution is 0.0773. The summed E-state index contributed by atoms with van der Waals surface area (Å²) in [6.45, 7) is 2.33. The highest BCUT2D eigenvalue weighted by Gasteiger charge is 2.18. The Morgan fingerprint density at radius 3 is 3.18 bits per heavy atom. The highest BCUT2D eigenvalue weighted by molar-refractivity contribution is 6.31. The van der Waals surface area contributed by atoms with Gasteiger partial charge in [0, 0.05) is 29.3 Å². The quantitative estimate of drug-likeness (QED) is 0.842. The van der Waals surface area contributed by atoms with Crippen molar-refractivity contribution < 1.29 is 4.74 Å². The van der Waals surface area contributed by atoms with Gasteiger partial charge in [-0.1, -0.05) is 11.6 Å². The van der Waals surface area contributed by atoms with E-state index in [1.807, 2.05) is 24.4 Å². The summed E-state index contributed by atoms with van der Waals surface area (Å²) in [7, 11) is 0. The average molecular weight is 249 g/mol. The molecule has 1 N–H and O–H groups in total. The molecule has 0 bridgehead atoms. The van der Waals surface area contributed by atoms with Crippen LogP contribution in [0.25, 0.3) is 10.8 Å². The molecule has 88 valence electrons. The van der Waals surface area contributed by atoms with Crippen LogP contribution in [0.1, 0.15) is 11.6 Å². The minimum atomic E-state index is 0.203. The molecule has 0 saturated carbocycles. The van der Waals surface area contributed by atoms with Gasteiger partial charge in [0.05, 0.1) is 19.3 Å². The molecule has 1 aromatic carbocycles. The third kappa shape index (κ3) is 2.14. The lowest BCUT2D eigenvalue weighted by Gasteiger charge is -2.25. The maximum absolute atomic E-state index is 6.15. The molecule has 1 aliphatic rings. The van der Waals surface area contributed by atoms with Crippen molar-refractivity contribution in [3.8, 4) is 0 Å². The van der Waals surface area contributed by atoms with Gasteiger partial charge in [0.1, 0.15) is 0 Å². The maximum atomic E-state index is 6.15. The van der Waals surface area contributed by atoms with Crippen LogP contribution in [-0.2, 0) is 4.74 Å². The van der Waals surface area contributed by atoms with Crippen molar-refractivity contribution in [1.29, 1.82) is 0 Å². The number of hydrogen-bond acceptors (Lipinski definition) is 3. The molecular weight excluding hydrogens is 236 g/mol. The summed E-state index contributed by atoms with van der Waals surface area (Å²) in [4.78, 5) is 4.19. The minimum absolute atomic E-state index is 0.203. The maximum Gasteiger partial charge on any atom is 0.0662 e. The largest absolute Gasteiger partial charge is 0.378 e. The zero-order valence-electron chi connectivity index (χ0n) is 9.32. The second kappa shape index (κ2) is 4.61. The molecule has 1 saturated heterocycles. The van der Waals surface area contributed by atoms with E-state index < -0.39 is 0 Å². The zero-order chi connectivity index (χ0) is 11.7. The number of hydrogen-bond donors (Lipinski definition) is 1. The number of nitrogens with zero attached hydrogens (tertiary/aromatic N) is 1. The Morgan fingerprint density at radius 2 is 2.35 bits per heavy atom. The lowest BCUT2D eigenvalue weighted by atomic mass is 10.00. The number of ether oxygens (including phenoxy) is 1. The Morgan fingerprint density at radius 1 is 1.41 bits per heavy atom. The van der Waals surface area contributed by atoms with E-state index in [2.05, 4.69) is 10.3 Å². The predicted molar refractivity (Wildman–Crippen MR) is 68.3 cm³/mol. The van der Waals surface area contributed by atoms with Gasteiger partial charge in [0.15, 0.2) is 0 Å². The van der Waals surface area contributed by atoms with Crippen molar-refractivity contribution in [3.05, 3.63) is 41.2 Å². The standard InChI is InChI=1S/C13H13ClN2O/c14-10-5-9-1-2-15-7-12(9)11(6-10)13-8-17-4-3-16-13/h1-2,5-7,13,16H,3-4,8H2. The smallest absolute Gasteiger partial charge is 0.0662 e. The summed E-state index contributed by atoms with van der Waals surface area (Å²) in [5.74, 6) is 0. The van der Waals surface area contributed by atoms with Crippen LogP contribution in [0, 0.1) is 0 Å². The topological polar surface area (TPSA) is 34.1 Å². The Balaban J connectivity index is 2.13. The van der Waals surface area contributed by atoms with Gasteiger partial charge < -0.3 is 10.1 Å². The first kappa shape index (κ1) is 11.0. The summed E-state index contributed by atoms with van der Waals surface area (Å²) in [6.07, 6.45) is 3.67. The lowest BCUT2D eigenvalue weighted by Crippen LogP contribution is -2.34. The van der Waals surface area contributed by atoms with Gasteiger partial charge in [-0.2, -0.15) is 0 Å². The molecule has 2 aromatic rings. The van der Waals surface area contributed by atoms with Crippen molar-refractivity contribution >= 4 is 22.4 Å². The van der Waals surface area contributed by atoms with Crippen LogP contribution in [0.15, 0.2) is 30.6 Å². The van der Waals surface area contributed by atoms with Crippen molar-refractivity contribution in [2.45, 2.75) is 6.04 Å². The fourth-order valence-electron chi connectivity index (χ4n) is 2.24. The van der Waals surface area contributed by atoms with Gasteiger partial charge in [-0.25, -0.2) is 0 Å². The van der Waals surface area contributed by atoms with Crippen molar-refractivity contribution in [1.82, 2.24) is 10.3 Å². The first-order valence-corrected chi connectivity index (χ1v) is 6.07. The highest BCUT2D eigenvalue weighted by atomic mass is 35.5. The molecule has 17 heavy (non-hydrogen) atoms. The molecular formula is C13H13ClN2O. The van der Waals surface area contributed by atoms with Crippen molar-refractivity contribution in [2.75, 3.05) is 19.8 Å². The predicted octanol–water partition coefficient (Wildman–Crippen LogP) is 2.55. The SMILES string of the molecule is Clc1cc(C2COCCN2)c2cnccc2c1. The Hall–Kier alpha value is -1.16. The Labute approximate surface area is 105 Å². The van der Waals surface area contributed by atoms with Crippen molar-refractivity contribution in [2.24, 2.45) is 0 Å². The average Bonchev–Trinajstić information content (AvgIpc) is 2.39. The van der Waals surface area contributed by atoms with E-state index in [4.69, 9.17) is 16.3 Å². The van der Waals surface area contributed by atoms with Crippen LogP contribution >= 0.6 is 11.6 Å². The molecule has 0 spiro atoms. The van der Waals surface area contributed by atoms with Gasteiger partial charge in [0.2, 0.25) is 0 Å². The number of morpholine rings is 1. The molecule has 1 fully saturated rings. The van der Waals surface area contributed by atoms with E-state index in [0.717, 1.165) is 28.9 Å². The minimum Gasteiger partial charge on any atom is -0.378 e. The second-order valence-corrected chi connectivity index (χ2v) is 4.61. The molecule has 1 unspecified atom stereocenters. The number of nitrogens with one attached hydrogen (secondary N) is 1. The third-order valence-corrected chi connectivity index (χ3v) is 3.27. The number of halogens is 1. The number of pyridine rings is 1. The van der Waals surface area contributed by atoms with Gasteiger partial charge in [-0.05, 0) is 29.1 Å². The molecule has 4 heteroatoms. The number of benzene rings is 1.